The number of halogens is 1. The largest absolute Gasteiger partial charge is 0.492 e. The zero-order valence-corrected chi connectivity index (χ0v) is 13.8. The predicted octanol–water partition coefficient (Wildman–Crippen LogP) is 2.12. The second kappa shape index (κ2) is 7.66. The van der Waals surface area contributed by atoms with Crippen LogP contribution in [0.25, 0.3) is 0 Å². The van der Waals surface area contributed by atoms with Crippen molar-refractivity contribution in [3.8, 4) is 5.75 Å². The zero-order chi connectivity index (χ0) is 14.6. The van der Waals surface area contributed by atoms with Crippen molar-refractivity contribution in [1.82, 2.24) is 10.6 Å². The molecule has 0 aromatic heterocycles. The minimum Gasteiger partial charge on any atom is -0.492 e. The number of amides is 1. The molecule has 1 aromatic rings. The summed E-state index contributed by atoms with van der Waals surface area (Å²) in [7, 11) is 0. The Morgan fingerprint density at radius 1 is 1.38 bits per heavy atom. The maximum Gasteiger partial charge on any atom is 0.225 e. The Morgan fingerprint density at radius 3 is 2.67 bits per heavy atom. The molecule has 1 heterocycles. The number of nitrogens with one attached hydrogen (secondary N) is 2. The molecule has 1 aromatic carbocycles. The van der Waals surface area contributed by atoms with Gasteiger partial charge in [0.05, 0.1) is 12.5 Å². The number of hydrogen-bond donors (Lipinski definition) is 2. The molecular formula is C16H25ClN2O2. The van der Waals surface area contributed by atoms with E-state index in [9.17, 15) is 4.79 Å². The van der Waals surface area contributed by atoms with Gasteiger partial charge in [-0.05, 0) is 23.1 Å². The summed E-state index contributed by atoms with van der Waals surface area (Å²) in [4.78, 5) is 11.6. The number of carbonyl (C=O) groups excluding carboxylic acids is 1. The molecule has 5 heteroatoms. The highest BCUT2D eigenvalue weighted by molar-refractivity contribution is 5.85. The average molecular weight is 313 g/mol. The first-order chi connectivity index (χ1) is 9.47. The highest BCUT2D eigenvalue weighted by Gasteiger charge is 2.24. The van der Waals surface area contributed by atoms with Crippen molar-refractivity contribution in [2.45, 2.75) is 26.2 Å². The lowest BCUT2D eigenvalue weighted by molar-refractivity contribution is -0.126. The number of ether oxygens (including phenoxy) is 1. The van der Waals surface area contributed by atoms with Crippen molar-refractivity contribution in [3.05, 3.63) is 29.8 Å². The number of carbonyl (C=O) groups is 1. The quantitative estimate of drug-likeness (QED) is 0.819. The van der Waals surface area contributed by atoms with Crippen LogP contribution in [0, 0.1) is 5.92 Å². The van der Waals surface area contributed by atoms with Crippen LogP contribution in [-0.4, -0.2) is 32.1 Å². The molecule has 1 aliphatic rings. The predicted molar refractivity (Wildman–Crippen MR) is 87.3 cm³/mol. The van der Waals surface area contributed by atoms with E-state index in [0.717, 1.165) is 18.8 Å². The van der Waals surface area contributed by atoms with Gasteiger partial charge in [-0.2, -0.15) is 0 Å². The molecule has 1 saturated heterocycles. The third-order valence-electron chi connectivity index (χ3n) is 3.52. The molecule has 2 rings (SSSR count). The molecule has 0 radical (unpaired) electrons. The van der Waals surface area contributed by atoms with Crippen LogP contribution in [0.2, 0.25) is 0 Å². The molecule has 2 N–H and O–H groups in total. The van der Waals surface area contributed by atoms with E-state index in [2.05, 4.69) is 43.5 Å². The van der Waals surface area contributed by atoms with Gasteiger partial charge in [0.15, 0.2) is 0 Å². The summed E-state index contributed by atoms with van der Waals surface area (Å²) in [6, 6.07) is 8.14. The van der Waals surface area contributed by atoms with Gasteiger partial charge in [0.1, 0.15) is 12.4 Å². The number of benzene rings is 1. The van der Waals surface area contributed by atoms with Crippen molar-refractivity contribution in [2.24, 2.45) is 5.92 Å². The van der Waals surface area contributed by atoms with E-state index in [1.807, 2.05) is 12.1 Å². The smallest absolute Gasteiger partial charge is 0.225 e. The van der Waals surface area contributed by atoms with E-state index in [1.54, 1.807) is 0 Å². The summed E-state index contributed by atoms with van der Waals surface area (Å²) in [5, 5.41) is 5.98. The van der Waals surface area contributed by atoms with Crippen molar-refractivity contribution in [2.75, 3.05) is 26.2 Å². The fraction of sp³-hybridized carbons (Fsp3) is 0.562. The van der Waals surface area contributed by atoms with Crippen molar-refractivity contribution < 1.29 is 9.53 Å². The minimum atomic E-state index is 0. The van der Waals surface area contributed by atoms with Crippen LogP contribution in [0.5, 0.6) is 5.75 Å². The maximum absolute atomic E-state index is 11.6. The summed E-state index contributed by atoms with van der Waals surface area (Å²) in [5.41, 5.74) is 1.37. The second-order valence-electron chi connectivity index (χ2n) is 6.27. The van der Waals surface area contributed by atoms with Crippen LogP contribution >= 0.6 is 12.4 Å². The summed E-state index contributed by atoms with van der Waals surface area (Å²) in [5.74, 6) is 1.12. The van der Waals surface area contributed by atoms with Gasteiger partial charge in [0.25, 0.3) is 0 Å². The summed E-state index contributed by atoms with van der Waals surface area (Å²) in [6.07, 6.45) is 0. The first-order valence-electron chi connectivity index (χ1n) is 7.18. The lowest BCUT2D eigenvalue weighted by Crippen LogP contribution is -2.51. The van der Waals surface area contributed by atoms with Crippen LogP contribution in [0.1, 0.15) is 26.3 Å². The highest BCUT2D eigenvalue weighted by atomic mass is 35.5. The summed E-state index contributed by atoms with van der Waals surface area (Å²) < 4.78 is 5.69. The number of rotatable bonds is 5. The van der Waals surface area contributed by atoms with Gasteiger partial charge in [0, 0.05) is 13.1 Å². The molecule has 0 atom stereocenters. The van der Waals surface area contributed by atoms with Gasteiger partial charge in [-0.25, -0.2) is 0 Å². The SMILES string of the molecule is CC(C)(C)c1cccc(OCCNC(=O)C2CNC2)c1.Cl. The van der Waals surface area contributed by atoms with Crippen LogP contribution in [0.4, 0.5) is 0 Å². The first-order valence-corrected chi connectivity index (χ1v) is 7.18. The van der Waals surface area contributed by atoms with Crippen LogP contribution in [0.3, 0.4) is 0 Å². The van der Waals surface area contributed by atoms with Gasteiger partial charge in [-0.15, -0.1) is 12.4 Å². The van der Waals surface area contributed by atoms with E-state index in [-0.39, 0.29) is 29.6 Å². The van der Waals surface area contributed by atoms with E-state index >= 15 is 0 Å². The Hall–Kier alpha value is -1.26. The molecule has 0 saturated carbocycles. The van der Waals surface area contributed by atoms with E-state index in [0.29, 0.717) is 13.2 Å². The molecule has 21 heavy (non-hydrogen) atoms. The Balaban J connectivity index is 0.00000220. The van der Waals surface area contributed by atoms with Crippen molar-refractivity contribution in [3.63, 3.8) is 0 Å². The molecule has 1 fully saturated rings. The molecule has 0 aliphatic carbocycles. The topological polar surface area (TPSA) is 50.4 Å². The molecule has 0 bridgehead atoms. The Bertz CT molecular complexity index is 468. The van der Waals surface area contributed by atoms with Crippen molar-refractivity contribution >= 4 is 18.3 Å². The maximum atomic E-state index is 11.6. The Kier molecular flexibility index (Phi) is 6.49. The van der Waals surface area contributed by atoms with Gasteiger partial charge in [0.2, 0.25) is 5.91 Å². The minimum absolute atomic E-state index is 0. The molecule has 0 spiro atoms. The van der Waals surface area contributed by atoms with Crippen molar-refractivity contribution in [1.29, 1.82) is 0 Å². The first kappa shape index (κ1) is 17.8. The lowest BCUT2D eigenvalue weighted by atomic mass is 9.87. The monoisotopic (exact) mass is 312 g/mol. The summed E-state index contributed by atoms with van der Waals surface area (Å²) >= 11 is 0. The van der Waals surface area contributed by atoms with Gasteiger partial charge in [-0.3, -0.25) is 4.79 Å². The second-order valence-corrected chi connectivity index (χ2v) is 6.27. The van der Waals surface area contributed by atoms with E-state index in [1.165, 1.54) is 5.56 Å². The fourth-order valence-corrected chi connectivity index (χ4v) is 2.01. The molecule has 0 unspecified atom stereocenters. The molecule has 1 aliphatic heterocycles. The lowest BCUT2D eigenvalue weighted by Gasteiger charge is -2.25. The average Bonchev–Trinajstić information content (AvgIpc) is 2.32. The number of hydrogen-bond acceptors (Lipinski definition) is 3. The van der Waals surface area contributed by atoms with Crippen LogP contribution in [-0.2, 0) is 10.2 Å². The third-order valence-corrected chi connectivity index (χ3v) is 3.52. The standard InChI is InChI=1S/C16H24N2O2.ClH/c1-16(2,3)13-5-4-6-14(9-13)20-8-7-18-15(19)12-10-17-11-12;/h4-6,9,12,17H,7-8,10-11H2,1-3H3,(H,18,19);1H. The Labute approximate surface area is 133 Å². The van der Waals surface area contributed by atoms with Gasteiger partial charge in [-0.1, -0.05) is 32.9 Å². The highest BCUT2D eigenvalue weighted by Crippen LogP contribution is 2.25. The van der Waals surface area contributed by atoms with E-state index in [4.69, 9.17) is 4.74 Å². The molecular weight excluding hydrogens is 288 g/mol. The molecule has 1 amide bonds. The molecule has 4 nitrogen and oxygen atoms in total. The van der Waals surface area contributed by atoms with Crippen LogP contribution in [0.15, 0.2) is 24.3 Å². The summed E-state index contributed by atoms with van der Waals surface area (Å²) in [6.45, 7) is 9.17. The normalized spacial score (nSPS) is 14.8. The van der Waals surface area contributed by atoms with Gasteiger partial charge < -0.3 is 15.4 Å². The fourth-order valence-electron chi connectivity index (χ4n) is 2.01. The van der Waals surface area contributed by atoms with Gasteiger partial charge >= 0.3 is 0 Å². The zero-order valence-electron chi connectivity index (χ0n) is 12.9. The van der Waals surface area contributed by atoms with E-state index < -0.39 is 0 Å². The Morgan fingerprint density at radius 2 is 2.10 bits per heavy atom. The molecule has 118 valence electrons. The third kappa shape index (κ3) is 5.21. The van der Waals surface area contributed by atoms with Crippen LogP contribution < -0.4 is 15.4 Å².